The Morgan fingerprint density at radius 3 is 2.33 bits per heavy atom. The number of benzene rings is 2. The first-order valence-corrected chi connectivity index (χ1v) is 5.03. The fourth-order valence-electron chi connectivity index (χ4n) is 1.82. The summed E-state index contributed by atoms with van der Waals surface area (Å²) >= 11 is 0. The van der Waals surface area contributed by atoms with E-state index >= 15 is 0 Å². The Hall–Kier alpha value is -1.76. The van der Waals surface area contributed by atoms with Gasteiger partial charge in [0.25, 0.3) is 0 Å². The summed E-state index contributed by atoms with van der Waals surface area (Å²) in [5, 5.41) is 9.55. The zero-order valence-electron chi connectivity index (χ0n) is 8.99. The second-order valence-electron chi connectivity index (χ2n) is 3.87. The fraction of sp³-hybridized carbons (Fsp3) is 0.143. The van der Waals surface area contributed by atoms with E-state index in [4.69, 9.17) is 0 Å². The van der Waals surface area contributed by atoms with Gasteiger partial charge in [0.15, 0.2) is 0 Å². The standard InChI is InChI=1S/C14H14O/c1-10-7-12(9-13(15)8-10)14-6-4-3-5-11(14)2/h3-9,15H,1-2H3. The third-order valence-corrected chi connectivity index (χ3v) is 2.52. The summed E-state index contributed by atoms with van der Waals surface area (Å²) in [7, 11) is 0. The molecule has 0 heterocycles. The van der Waals surface area contributed by atoms with Gasteiger partial charge in [-0.15, -0.1) is 0 Å². The fourth-order valence-corrected chi connectivity index (χ4v) is 1.82. The van der Waals surface area contributed by atoms with E-state index < -0.39 is 0 Å². The van der Waals surface area contributed by atoms with Gasteiger partial charge in [-0.05, 0) is 48.2 Å². The number of hydrogen-bond acceptors (Lipinski definition) is 1. The van der Waals surface area contributed by atoms with Crippen LogP contribution in [0.5, 0.6) is 5.75 Å². The molecule has 0 amide bonds. The number of rotatable bonds is 1. The molecular formula is C14H14O. The van der Waals surface area contributed by atoms with Crippen molar-refractivity contribution >= 4 is 0 Å². The lowest BCUT2D eigenvalue weighted by Crippen LogP contribution is -1.83. The molecule has 0 aliphatic heterocycles. The van der Waals surface area contributed by atoms with Crippen LogP contribution in [0, 0.1) is 13.8 Å². The average Bonchev–Trinajstić information content (AvgIpc) is 2.16. The van der Waals surface area contributed by atoms with E-state index in [0.29, 0.717) is 5.75 Å². The summed E-state index contributed by atoms with van der Waals surface area (Å²) < 4.78 is 0. The second kappa shape index (κ2) is 3.77. The monoisotopic (exact) mass is 198 g/mol. The molecule has 0 bridgehead atoms. The van der Waals surface area contributed by atoms with Gasteiger partial charge in [-0.3, -0.25) is 0 Å². The van der Waals surface area contributed by atoms with Gasteiger partial charge in [-0.1, -0.05) is 30.3 Å². The Labute approximate surface area is 90.0 Å². The average molecular weight is 198 g/mol. The van der Waals surface area contributed by atoms with Crippen molar-refractivity contribution in [3.05, 3.63) is 53.6 Å². The molecule has 76 valence electrons. The third-order valence-electron chi connectivity index (χ3n) is 2.52. The first kappa shape index (κ1) is 9.78. The van der Waals surface area contributed by atoms with Crippen LogP contribution >= 0.6 is 0 Å². The summed E-state index contributed by atoms with van der Waals surface area (Å²) in [5.74, 6) is 0.327. The van der Waals surface area contributed by atoms with Gasteiger partial charge in [0.1, 0.15) is 5.75 Å². The SMILES string of the molecule is Cc1cc(O)cc(-c2ccccc2C)c1. The minimum Gasteiger partial charge on any atom is -0.508 e. The van der Waals surface area contributed by atoms with Crippen LogP contribution in [0.3, 0.4) is 0 Å². The molecule has 0 spiro atoms. The Morgan fingerprint density at radius 1 is 0.933 bits per heavy atom. The van der Waals surface area contributed by atoms with E-state index in [9.17, 15) is 5.11 Å². The van der Waals surface area contributed by atoms with Gasteiger partial charge in [-0.2, -0.15) is 0 Å². The molecule has 0 saturated heterocycles. The molecule has 0 unspecified atom stereocenters. The van der Waals surface area contributed by atoms with E-state index in [1.165, 1.54) is 11.1 Å². The molecule has 0 saturated carbocycles. The molecule has 0 aliphatic carbocycles. The summed E-state index contributed by atoms with van der Waals surface area (Å²) in [6, 6.07) is 13.8. The Kier molecular flexibility index (Phi) is 2.46. The van der Waals surface area contributed by atoms with E-state index in [-0.39, 0.29) is 0 Å². The minimum absolute atomic E-state index is 0.327. The van der Waals surface area contributed by atoms with Crippen LogP contribution in [0.1, 0.15) is 11.1 Å². The van der Waals surface area contributed by atoms with Gasteiger partial charge < -0.3 is 5.11 Å². The highest BCUT2D eigenvalue weighted by molar-refractivity contribution is 5.69. The maximum atomic E-state index is 9.55. The molecule has 1 nitrogen and oxygen atoms in total. The largest absolute Gasteiger partial charge is 0.508 e. The minimum atomic E-state index is 0.327. The lowest BCUT2D eigenvalue weighted by Gasteiger charge is -2.07. The molecule has 0 radical (unpaired) electrons. The maximum absolute atomic E-state index is 9.55. The van der Waals surface area contributed by atoms with Gasteiger partial charge >= 0.3 is 0 Å². The Bertz CT molecular complexity index is 466. The van der Waals surface area contributed by atoms with E-state index in [1.807, 2.05) is 19.1 Å². The molecule has 0 atom stereocenters. The van der Waals surface area contributed by atoms with Crippen molar-refractivity contribution in [1.82, 2.24) is 0 Å². The van der Waals surface area contributed by atoms with Crippen LogP contribution in [0.2, 0.25) is 0 Å². The Balaban J connectivity index is 2.59. The quantitative estimate of drug-likeness (QED) is 0.741. The van der Waals surface area contributed by atoms with Gasteiger partial charge in [-0.25, -0.2) is 0 Å². The first-order valence-electron chi connectivity index (χ1n) is 5.03. The van der Waals surface area contributed by atoms with Crippen LogP contribution in [0.25, 0.3) is 11.1 Å². The lowest BCUT2D eigenvalue weighted by molar-refractivity contribution is 0.475. The van der Waals surface area contributed by atoms with Crippen molar-refractivity contribution in [2.75, 3.05) is 0 Å². The summed E-state index contributed by atoms with van der Waals surface area (Å²) in [6.07, 6.45) is 0. The van der Waals surface area contributed by atoms with Crippen molar-refractivity contribution in [1.29, 1.82) is 0 Å². The van der Waals surface area contributed by atoms with Crippen LogP contribution in [-0.2, 0) is 0 Å². The number of phenols is 1. The topological polar surface area (TPSA) is 20.2 Å². The zero-order valence-corrected chi connectivity index (χ0v) is 8.99. The molecule has 15 heavy (non-hydrogen) atoms. The van der Waals surface area contributed by atoms with Crippen molar-refractivity contribution < 1.29 is 5.11 Å². The lowest BCUT2D eigenvalue weighted by atomic mass is 9.99. The van der Waals surface area contributed by atoms with Crippen LogP contribution < -0.4 is 0 Å². The highest BCUT2D eigenvalue weighted by Gasteiger charge is 2.02. The zero-order chi connectivity index (χ0) is 10.8. The maximum Gasteiger partial charge on any atom is 0.116 e. The predicted molar refractivity (Wildman–Crippen MR) is 63.0 cm³/mol. The summed E-state index contributed by atoms with van der Waals surface area (Å²) in [4.78, 5) is 0. The molecule has 0 aromatic heterocycles. The number of aryl methyl sites for hydroxylation is 2. The van der Waals surface area contributed by atoms with E-state index in [2.05, 4.69) is 25.1 Å². The van der Waals surface area contributed by atoms with E-state index in [1.54, 1.807) is 12.1 Å². The van der Waals surface area contributed by atoms with Gasteiger partial charge in [0.05, 0.1) is 0 Å². The second-order valence-corrected chi connectivity index (χ2v) is 3.87. The number of hydrogen-bond donors (Lipinski definition) is 1. The molecule has 0 aliphatic rings. The van der Waals surface area contributed by atoms with Gasteiger partial charge in [0, 0.05) is 0 Å². The summed E-state index contributed by atoms with van der Waals surface area (Å²) in [6.45, 7) is 4.07. The van der Waals surface area contributed by atoms with Crippen LogP contribution in [0.4, 0.5) is 0 Å². The van der Waals surface area contributed by atoms with Gasteiger partial charge in [0.2, 0.25) is 0 Å². The highest BCUT2D eigenvalue weighted by atomic mass is 16.3. The third kappa shape index (κ3) is 2.01. The molecule has 2 rings (SSSR count). The first-order chi connectivity index (χ1) is 7.16. The number of phenolic OH excluding ortho intramolecular Hbond substituents is 1. The normalized spacial score (nSPS) is 10.3. The highest BCUT2D eigenvalue weighted by Crippen LogP contribution is 2.27. The molecule has 2 aromatic carbocycles. The molecule has 0 fully saturated rings. The summed E-state index contributed by atoms with van der Waals surface area (Å²) in [5.41, 5.74) is 4.55. The molecule has 1 heteroatoms. The van der Waals surface area contributed by atoms with Crippen LogP contribution in [0.15, 0.2) is 42.5 Å². The smallest absolute Gasteiger partial charge is 0.116 e. The van der Waals surface area contributed by atoms with Crippen molar-refractivity contribution in [3.63, 3.8) is 0 Å². The Morgan fingerprint density at radius 2 is 1.67 bits per heavy atom. The van der Waals surface area contributed by atoms with Crippen molar-refractivity contribution in [2.45, 2.75) is 13.8 Å². The van der Waals surface area contributed by atoms with Crippen molar-refractivity contribution in [3.8, 4) is 16.9 Å². The predicted octanol–water partition coefficient (Wildman–Crippen LogP) is 3.68. The number of aromatic hydroxyl groups is 1. The van der Waals surface area contributed by atoms with E-state index in [0.717, 1.165) is 11.1 Å². The van der Waals surface area contributed by atoms with Crippen LogP contribution in [-0.4, -0.2) is 5.11 Å². The van der Waals surface area contributed by atoms with Crippen molar-refractivity contribution in [2.24, 2.45) is 0 Å². The molecular weight excluding hydrogens is 184 g/mol. The molecule has 2 aromatic rings. The molecule has 1 N–H and O–H groups in total.